The number of ketones is 1. The van der Waals surface area contributed by atoms with Crippen LogP contribution in [0.1, 0.15) is 10.4 Å². The van der Waals surface area contributed by atoms with Crippen molar-refractivity contribution in [3.05, 3.63) is 28.8 Å². The highest BCUT2D eigenvalue weighted by molar-refractivity contribution is 8.16. The number of hydrogen-bond acceptors (Lipinski definition) is 4. The Labute approximate surface area is 96.7 Å². The highest BCUT2D eigenvalue weighted by atomic mass is 35.5. The second kappa shape index (κ2) is 4.24. The molecule has 1 aromatic rings. The third kappa shape index (κ3) is 2.16. The Morgan fingerprint density at radius 3 is 3.00 bits per heavy atom. The summed E-state index contributed by atoms with van der Waals surface area (Å²) in [5.74, 6) is 0.735. The van der Waals surface area contributed by atoms with E-state index < -0.39 is 0 Å². The summed E-state index contributed by atoms with van der Waals surface area (Å²) in [6.07, 6.45) is 0. The normalized spacial score (nSPS) is 15.1. The largest absolute Gasteiger partial charge is 0.398 e. The molecule has 0 atom stereocenters. The maximum Gasteiger partial charge on any atom is 0.219 e. The van der Waals surface area contributed by atoms with E-state index in [1.54, 1.807) is 18.2 Å². The summed E-state index contributed by atoms with van der Waals surface area (Å²) in [5, 5.41) is 1.04. The first-order valence-electron chi connectivity index (χ1n) is 4.45. The molecule has 0 fully saturated rings. The van der Waals surface area contributed by atoms with E-state index in [1.807, 2.05) is 0 Å². The van der Waals surface area contributed by atoms with E-state index in [0.29, 0.717) is 27.9 Å². The molecule has 2 rings (SSSR count). The topological polar surface area (TPSA) is 55.5 Å². The summed E-state index contributed by atoms with van der Waals surface area (Å²) in [7, 11) is 0. The smallest absolute Gasteiger partial charge is 0.219 e. The van der Waals surface area contributed by atoms with Gasteiger partial charge in [0.2, 0.25) is 5.78 Å². The Bertz CT molecular complexity index is 445. The monoisotopic (exact) mass is 240 g/mol. The summed E-state index contributed by atoms with van der Waals surface area (Å²) in [6, 6.07) is 4.88. The van der Waals surface area contributed by atoms with E-state index in [2.05, 4.69) is 4.99 Å². The van der Waals surface area contributed by atoms with Crippen molar-refractivity contribution in [3.63, 3.8) is 0 Å². The van der Waals surface area contributed by atoms with E-state index in [9.17, 15) is 4.79 Å². The zero-order valence-electron chi connectivity index (χ0n) is 7.87. The highest BCUT2D eigenvalue weighted by Gasteiger charge is 2.20. The van der Waals surface area contributed by atoms with E-state index in [-0.39, 0.29) is 5.78 Å². The predicted octanol–water partition coefficient (Wildman–Crippen LogP) is 2.25. The Hall–Kier alpha value is -1.000. The van der Waals surface area contributed by atoms with Crippen LogP contribution in [0.3, 0.4) is 0 Å². The number of carbonyl (C=O) groups is 1. The lowest BCUT2D eigenvalue weighted by molar-refractivity contribution is 0.107. The van der Waals surface area contributed by atoms with Crippen LogP contribution in [0.2, 0.25) is 5.02 Å². The van der Waals surface area contributed by atoms with Crippen molar-refractivity contribution in [1.29, 1.82) is 0 Å². The van der Waals surface area contributed by atoms with Crippen molar-refractivity contribution in [2.45, 2.75) is 0 Å². The van der Waals surface area contributed by atoms with Gasteiger partial charge in [0.25, 0.3) is 0 Å². The lowest BCUT2D eigenvalue weighted by Crippen LogP contribution is -2.11. The van der Waals surface area contributed by atoms with E-state index in [4.69, 9.17) is 17.3 Å². The summed E-state index contributed by atoms with van der Waals surface area (Å²) < 4.78 is 0. The number of benzene rings is 1. The number of carbonyl (C=O) groups excluding carboxylic acids is 1. The van der Waals surface area contributed by atoms with Gasteiger partial charge in [-0.05, 0) is 18.2 Å². The van der Waals surface area contributed by atoms with Gasteiger partial charge in [0.15, 0.2) is 0 Å². The standard InChI is InChI=1S/C10H9ClN2OS/c11-6-1-2-8(12)7(5-6)9(14)10-13-3-4-15-10/h1-2,5H,3-4,12H2. The van der Waals surface area contributed by atoms with Gasteiger partial charge in [-0.25, -0.2) is 0 Å². The van der Waals surface area contributed by atoms with Gasteiger partial charge in [-0.3, -0.25) is 9.79 Å². The Balaban J connectivity index is 2.36. The minimum absolute atomic E-state index is 0.127. The minimum Gasteiger partial charge on any atom is -0.398 e. The molecule has 0 spiro atoms. The number of halogens is 1. The van der Waals surface area contributed by atoms with Crippen molar-refractivity contribution < 1.29 is 4.79 Å². The van der Waals surface area contributed by atoms with Gasteiger partial charge in [-0.2, -0.15) is 0 Å². The molecule has 78 valence electrons. The second-order valence-electron chi connectivity index (χ2n) is 3.10. The van der Waals surface area contributed by atoms with Crippen LogP contribution in [0.4, 0.5) is 5.69 Å². The molecule has 0 bridgehead atoms. The van der Waals surface area contributed by atoms with Crippen molar-refractivity contribution >= 4 is 39.9 Å². The molecular weight excluding hydrogens is 232 g/mol. The summed E-state index contributed by atoms with van der Waals surface area (Å²) in [6.45, 7) is 0.701. The summed E-state index contributed by atoms with van der Waals surface area (Å²) in [5.41, 5.74) is 6.60. The van der Waals surface area contributed by atoms with Crippen LogP contribution in [0.25, 0.3) is 0 Å². The summed E-state index contributed by atoms with van der Waals surface area (Å²) >= 11 is 7.27. The molecule has 0 saturated heterocycles. The Kier molecular flexibility index (Phi) is 2.98. The molecule has 1 aromatic carbocycles. The molecular formula is C10H9ClN2OS. The molecule has 1 heterocycles. The molecule has 0 unspecified atom stereocenters. The third-order valence-corrected chi connectivity index (χ3v) is 3.25. The number of rotatable bonds is 2. The second-order valence-corrected chi connectivity index (χ2v) is 4.62. The number of aliphatic imine (C=N–C) groups is 1. The SMILES string of the molecule is Nc1ccc(Cl)cc1C(=O)C1=NCCS1. The van der Waals surface area contributed by atoms with Crippen LogP contribution in [-0.4, -0.2) is 23.1 Å². The fraction of sp³-hybridized carbons (Fsp3) is 0.200. The molecule has 0 saturated carbocycles. The maximum absolute atomic E-state index is 11.9. The van der Waals surface area contributed by atoms with E-state index in [1.165, 1.54) is 11.8 Å². The first kappa shape index (κ1) is 10.5. The van der Waals surface area contributed by atoms with Gasteiger partial charge < -0.3 is 5.73 Å². The Morgan fingerprint density at radius 1 is 1.53 bits per heavy atom. The molecule has 15 heavy (non-hydrogen) atoms. The van der Waals surface area contributed by atoms with Crippen LogP contribution in [0.15, 0.2) is 23.2 Å². The zero-order chi connectivity index (χ0) is 10.8. The molecule has 3 nitrogen and oxygen atoms in total. The molecule has 1 aliphatic heterocycles. The van der Waals surface area contributed by atoms with Crippen LogP contribution in [-0.2, 0) is 0 Å². The van der Waals surface area contributed by atoms with E-state index in [0.717, 1.165) is 5.75 Å². The number of Topliss-reactive ketones (excluding diaryl/α,β-unsaturated/α-hetero) is 1. The number of nitrogen functional groups attached to an aromatic ring is 1. The van der Waals surface area contributed by atoms with Gasteiger partial charge in [0, 0.05) is 28.6 Å². The molecule has 0 amide bonds. The Morgan fingerprint density at radius 2 is 2.33 bits per heavy atom. The van der Waals surface area contributed by atoms with Crippen molar-refractivity contribution in [3.8, 4) is 0 Å². The van der Waals surface area contributed by atoms with Crippen molar-refractivity contribution in [1.82, 2.24) is 0 Å². The molecule has 0 aliphatic carbocycles. The number of thioether (sulfide) groups is 1. The quantitative estimate of drug-likeness (QED) is 0.637. The molecule has 2 N–H and O–H groups in total. The lowest BCUT2D eigenvalue weighted by Gasteiger charge is -2.04. The van der Waals surface area contributed by atoms with Crippen LogP contribution in [0, 0.1) is 0 Å². The first-order chi connectivity index (χ1) is 7.18. The number of nitrogens with zero attached hydrogens (tertiary/aromatic N) is 1. The van der Waals surface area contributed by atoms with Gasteiger partial charge in [0.05, 0.1) is 0 Å². The van der Waals surface area contributed by atoms with Crippen LogP contribution in [0.5, 0.6) is 0 Å². The number of anilines is 1. The minimum atomic E-state index is -0.127. The molecule has 5 heteroatoms. The molecule has 0 radical (unpaired) electrons. The fourth-order valence-corrected chi connectivity index (χ4v) is 2.28. The molecule has 0 aromatic heterocycles. The van der Waals surface area contributed by atoms with Crippen molar-refractivity contribution in [2.75, 3.05) is 18.0 Å². The van der Waals surface area contributed by atoms with Gasteiger partial charge >= 0.3 is 0 Å². The fourth-order valence-electron chi connectivity index (χ4n) is 1.31. The van der Waals surface area contributed by atoms with Crippen LogP contribution < -0.4 is 5.73 Å². The highest BCUT2D eigenvalue weighted by Crippen LogP contribution is 2.22. The average molecular weight is 241 g/mol. The maximum atomic E-state index is 11.9. The van der Waals surface area contributed by atoms with Crippen molar-refractivity contribution in [2.24, 2.45) is 4.99 Å². The van der Waals surface area contributed by atoms with Crippen LogP contribution >= 0.6 is 23.4 Å². The van der Waals surface area contributed by atoms with E-state index >= 15 is 0 Å². The summed E-state index contributed by atoms with van der Waals surface area (Å²) in [4.78, 5) is 16.0. The molecule has 1 aliphatic rings. The predicted molar refractivity (Wildman–Crippen MR) is 65.0 cm³/mol. The number of nitrogens with two attached hydrogens (primary N) is 1. The lowest BCUT2D eigenvalue weighted by atomic mass is 10.1. The van der Waals surface area contributed by atoms with Gasteiger partial charge in [-0.1, -0.05) is 11.6 Å². The first-order valence-corrected chi connectivity index (χ1v) is 5.82. The number of hydrogen-bond donors (Lipinski definition) is 1. The average Bonchev–Trinajstić information content (AvgIpc) is 2.74. The third-order valence-electron chi connectivity index (χ3n) is 2.04. The zero-order valence-corrected chi connectivity index (χ0v) is 9.44. The van der Waals surface area contributed by atoms with Gasteiger partial charge in [0.1, 0.15) is 5.04 Å². The van der Waals surface area contributed by atoms with Gasteiger partial charge in [-0.15, -0.1) is 11.8 Å².